The zero-order valence-electron chi connectivity index (χ0n) is 18.8. The summed E-state index contributed by atoms with van der Waals surface area (Å²) >= 11 is 0. The Bertz CT molecular complexity index is 1250. The quantitative estimate of drug-likeness (QED) is 0.416. The third-order valence-corrected chi connectivity index (χ3v) is 6.86. The van der Waals surface area contributed by atoms with Crippen LogP contribution < -0.4 is 21.9 Å². The largest absolute Gasteiger partial charge is 0.353 e. The Morgan fingerprint density at radius 3 is 2.58 bits per heavy atom. The maximum atomic E-state index is 13.8. The Morgan fingerprint density at radius 2 is 1.97 bits per heavy atom. The number of nitrogens with two attached hydrogens (primary N) is 1. The number of anilines is 1. The zero-order chi connectivity index (χ0) is 22.5. The first kappa shape index (κ1) is 21.4. The molecule has 1 saturated heterocycles. The second-order valence-corrected chi connectivity index (χ2v) is 9.40. The summed E-state index contributed by atoms with van der Waals surface area (Å²) < 4.78 is 3.12. The van der Waals surface area contributed by atoms with Crippen LogP contribution in [0.2, 0.25) is 0 Å². The molecule has 1 aliphatic heterocycles. The fourth-order valence-electron chi connectivity index (χ4n) is 5.17. The molecule has 0 amide bonds. The van der Waals surface area contributed by atoms with Crippen LogP contribution in [0.3, 0.4) is 0 Å². The molecule has 2 aliphatic rings. The lowest BCUT2D eigenvalue weighted by Gasteiger charge is -2.41. The number of nitrogens with zero attached hydrogens (tertiary/aromatic N) is 4. The van der Waals surface area contributed by atoms with Gasteiger partial charge in [-0.05, 0) is 70.6 Å². The number of nitriles is 1. The minimum absolute atomic E-state index is 0. The van der Waals surface area contributed by atoms with E-state index in [9.17, 15) is 14.9 Å². The number of benzene rings is 1. The van der Waals surface area contributed by atoms with Crippen molar-refractivity contribution in [2.45, 2.75) is 77.0 Å². The van der Waals surface area contributed by atoms with Gasteiger partial charge in [-0.1, -0.05) is 12.1 Å². The zero-order valence-corrected chi connectivity index (χ0v) is 18.8. The van der Waals surface area contributed by atoms with Crippen molar-refractivity contribution in [1.82, 2.24) is 9.13 Å². The van der Waals surface area contributed by atoms with Crippen molar-refractivity contribution in [3.05, 3.63) is 61.8 Å². The first-order valence-corrected chi connectivity index (χ1v) is 11.1. The molecule has 0 radical (unpaired) electrons. The average Bonchev–Trinajstić information content (AvgIpc) is 3.49. The number of aromatic nitrogens is 2. The van der Waals surface area contributed by atoms with E-state index in [1.54, 1.807) is 10.6 Å². The van der Waals surface area contributed by atoms with E-state index < -0.39 is 5.54 Å². The number of hydrogen-bond donors (Lipinski definition) is 1. The maximum Gasteiger partial charge on any atom is 0.333 e. The van der Waals surface area contributed by atoms with Crippen LogP contribution in [0.4, 0.5) is 5.82 Å². The minimum Gasteiger partial charge on any atom is -0.353 e. The first-order valence-electron chi connectivity index (χ1n) is 11.1. The summed E-state index contributed by atoms with van der Waals surface area (Å²) in [6.45, 7) is 8.39. The number of hydrogen-bond acceptors (Lipinski definition) is 5. The molecule has 1 aromatic carbocycles. The second kappa shape index (κ2) is 7.69. The van der Waals surface area contributed by atoms with Gasteiger partial charge in [-0.15, -0.1) is 0 Å². The fraction of sp³-hybridized carbons (Fsp3) is 0.542. The van der Waals surface area contributed by atoms with Gasteiger partial charge in [-0.2, -0.15) is 5.26 Å². The monoisotopic (exact) mass is 540 g/mol. The normalized spacial score (nSPS) is 22.4. The van der Waals surface area contributed by atoms with Gasteiger partial charge in [0, 0.05) is 115 Å². The van der Waals surface area contributed by atoms with Crippen LogP contribution in [-0.4, -0.2) is 27.8 Å². The molecule has 7 nitrogen and oxygen atoms in total. The molecule has 7 heteroatoms. The van der Waals surface area contributed by atoms with Crippen molar-refractivity contribution in [3.63, 3.8) is 0 Å². The Hall–Kier alpha value is -2.85. The van der Waals surface area contributed by atoms with Crippen LogP contribution in [0.5, 0.6) is 0 Å². The highest BCUT2D eigenvalue weighted by atomic mass is 16.2. The average molecular weight is 540 g/mol. The van der Waals surface area contributed by atoms with Gasteiger partial charge in [0.05, 0.1) is 17.2 Å². The van der Waals surface area contributed by atoms with E-state index >= 15 is 0 Å². The summed E-state index contributed by atoms with van der Waals surface area (Å²) in [5, 5.41) is 9.81. The minimum atomic E-state index is -0.617. The molecule has 282 valence electrons. The van der Waals surface area contributed by atoms with Crippen molar-refractivity contribution in [1.29, 1.82) is 5.26 Å². The summed E-state index contributed by atoms with van der Waals surface area (Å²) in [5.74, 6) is 0.624. The lowest BCUT2D eigenvalue weighted by atomic mass is 9.93. The molecule has 2 atom stereocenters. The molecular formula is C24H149N5O2. The lowest BCUT2D eigenvalue weighted by Crippen LogP contribution is -2.53. The summed E-state index contributed by atoms with van der Waals surface area (Å²) in [5.41, 5.74) is 7.52. The van der Waals surface area contributed by atoms with E-state index in [1.807, 2.05) is 39.0 Å². The third-order valence-electron chi connectivity index (χ3n) is 6.86. The SMILES string of the molecule is Cc1cccc(C#N)c1C1(n2c(N3C[C@H](N)CCC3C)cc(=O)n(C(C)C)c2=O)CC1.[HH].[HH].[HH].[HH].[HH].[HH].[HH].[HH].[HH].[HH].[HH].[HH].[HH].[HH].[HH].[HH].[HH].[HH].[HH].[HH].[HH].[HH].[HH].[HH].[HH].[HH].[HH].[HH].[HH].[HH].[HH].[HH].[HH].[HH].[HH].[HH].[HH].[HH].[HH].[HH].[HH].[HH].[HH].[HH].[HH].[HH].[HH].[HH].[HH].[HH].[HH].[HH].[HH].[HH].[HH].[HH].[HH].[HH].[HH]. The molecule has 1 aromatic heterocycles. The fourth-order valence-corrected chi connectivity index (χ4v) is 5.17. The molecule has 4 rings (SSSR count). The summed E-state index contributed by atoms with van der Waals surface area (Å²) in [6, 6.07) is 9.49. The molecule has 2 fully saturated rings. The topological polar surface area (TPSA) is 97.1 Å². The van der Waals surface area contributed by atoms with Crippen LogP contribution in [-0.2, 0) is 5.54 Å². The molecule has 1 unspecified atom stereocenters. The molecule has 0 spiro atoms. The molecule has 2 aromatic rings. The van der Waals surface area contributed by atoms with Crippen molar-refractivity contribution in [2.75, 3.05) is 11.4 Å². The van der Waals surface area contributed by atoms with E-state index in [0.29, 0.717) is 17.9 Å². The standard InChI is InChI=1S/C24H31N5O2.59H2/c1-15(2)28-21(30)12-20(27-14-19(26)9-8-17(27)4)29(23(28)31)24(10-11-24)22-16(3)6-5-7-18(22)13-25;;;;;;;;;;;;;;;;;;;;;;;;;;;;;;;;;;;;;;;;;;;;;;;;;;;;;;;;;;;/h5-7,12,15,17,19H,8-11,14,26H2,1-4H3;59*1H/t17?,19-;;;;;;;;;;;;;;;;;;;;;;;;;;;;;;;;;;;;;;;;;;;;;;;;;;;;;;;;;;;/m1.........................................................../s1. The van der Waals surface area contributed by atoms with Gasteiger partial charge in [-0.3, -0.25) is 13.9 Å². The smallest absolute Gasteiger partial charge is 0.333 e. The number of piperidine rings is 1. The van der Waals surface area contributed by atoms with Crippen molar-refractivity contribution in [3.8, 4) is 6.07 Å². The predicted octanol–water partition coefficient (Wildman–Crippen LogP) is 17.1. The Kier molecular flexibility index (Phi) is 5.30. The van der Waals surface area contributed by atoms with E-state index in [-0.39, 0.29) is 114 Å². The van der Waals surface area contributed by atoms with Gasteiger partial charge in [0.25, 0.3) is 5.56 Å². The summed E-state index contributed by atoms with van der Waals surface area (Å²) in [7, 11) is 0. The number of rotatable bonds is 4. The van der Waals surface area contributed by atoms with Gasteiger partial charge in [0.2, 0.25) is 0 Å². The van der Waals surface area contributed by atoms with Gasteiger partial charge < -0.3 is 10.6 Å². The summed E-state index contributed by atoms with van der Waals surface area (Å²) in [6.07, 6.45) is 3.34. The van der Waals surface area contributed by atoms with Gasteiger partial charge >= 0.3 is 5.69 Å². The van der Waals surface area contributed by atoms with Gasteiger partial charge in [-0.25, -0.2) is 4.79 Å². The summed E-state index contributed by atoms with van der Waals surface area (Å²) in [4.78, 5) is 29.0. The molecule has 1 aliphatic carbocycles. The van der Waals surface area contributed by atoms with Crippen LogP contribution in [0.15, 0.2) is 33.9 Å². The number of aryl methyl sites for hydroxylation is 1. The van der Waals surface area contributed by atoms with E-state index in [1.165, 1.54) is 4.57 Å². The van der Waals surface area contributed by atoms with E-state index in [2.05, 4.69) is 17.9 Å². The maximum absolute atomic E-state index is 13.8. The lowest BCUT2D eigenvalue weighted by molar-refractivity contribution is 0.406. The molecule has 2 heterocycles. The highest BCUT2D eigenvalue weighted by Gasteiger charge is 2.51. The van der Waals surface area contributed by atoms with Crippen molar-refractivity contribution in [2.24, 2.45) is 5.73 Å². The molecule has 1 saturated carbocycles. The Balaban J connectivity index is -0.00000000363. The van der Waals surface area contributed by atoms with Crippen LogP contribution in [0.1, 0.15) is 153 Å². The molecule has 31 heavy (non-hydrogen) atoms. The highest BCUT2D eigenvalue weighted by molar-refractivity contribution is 5.53. The predicted molar refractivity (Wildman–Crippen MR) is 246 cm³/mol. The second-order valence-electron chi connectivity index (χ2n) is 9.40. The van der Waals surface area contributed by atoms with E-state index in [4.69, 9.17) is 5.73 Å². The molecule has 0 bridgehead atoms. The van der Waals surface area contributed by atoms with Crippen LogP contribution in [0, 0.1) is 18.3 Å². The highest BCUT2D eigenvalue weighted by Crippen LogP contribution is 2.52. The van der Waals surface area contributed by atoms with Crippen molar-refractivity contribution < 1.29 is 84.2 Å². The van der Waals surface area contributed by atoms with Crippen LogP contribution >= 0.6 is 0 Å². The Labute approximate surface area is 270 Å². The van der Waals surface area contributed by atoms with Crippen molar-refractivity contribution >= 4 is 5.82 Å². The van der Waals surface area contributed by atoms with Gasteiger partial charge in [0.15, 0.2) is 0 Å². The van der Waals surface area contributed by atoms with Gasteiger partial charge in [0.1, 0.15) is 5.82 Å². The third kappa shape index (κ3) is 3.39. The van der Waals surface area contributed by atoms with Crippen LogP contribution in [0.25, 0.3) is 0 Å². The molecular weight excluding hydrogens is 390 g/mol. The molecule has 2 N–H and O–H groups in total. The first-order chi connectivity index (χ1) is 14.7. The van der Waals surface area contributed by atoms with E-state index in [0.717, 1.165) is 36.8 Å². The Morgan fingerprint density at radius 1 is 1.26 bits per heavy atom.